The van der Waals surface area contributed by atoms with Gasteiger partial charge in [0.1, 0.15) is 5.75 Å². The van der Waals surface area contributed by atoms with Gasteiger partial charge in [0.2, 0.25) is 0 Å². The quantitative estimate of drug-likeness (QED) is 0.313. The summed E-state index contributed by atoms with van der Waals surface area (Å²) >= 11 is 3.36. The van der Waals surface area contributed by atoms with Gasteiger partial charge in [-0.25, -0.2) is 4.98 Å². The van der Waals surface area contributed by atoms with E-state index in [1.54, 1.807) is 30.3 Å². The van der Waals surface area contributed by atoms with Gasteiger partial charge in [-0.1, -0.05) is 63.6 Å². The Hall–Kier alpha value is -3.78. The molecule has 0 aliphatic carbocycles. The molecular formula is C24H19BrN4O3. The van der Waals surface area contributed by atoms with Gasteiger partial charge in [-0.15, -0.1) is 0 Å². The van der Waals surface area contributed by atoms with E-state index in [4.69, 9.17) is 4.84 Å². The Morgan fingerprint density at radius 2 is 1.88 bits per heavy atom. The molecular weight excluding hydrogens is 472 g/mol. The molecule has 4 aromatic rings. The topological polar surface area (TPSA) is 89.1 Å². The number of benzene rings is 3. The van der Waals surface area contributed by atoms with E-state index < -0.39 is 0 Å². The number of phenolic OH excluding ortho intramolecular Hbond substituents is 1. The van der Waals surface area contributed by atoms with Crippen LogP contribution in [0.1, 0.15) is 23.9 Å². The lowest BCUT2D eigenvalue weighted by Gasteiger charge is -2.09. The van der Waals surface area contributed by atoms with Crippen LogP contribution < -0.4 is 5.56 Å². The van der Waals surface area contributed by atoms with Crippen LogP contribution in [0.2, 0.25) is 0 Å². The Morgan fingerprint density at radius 3 is 2.69 bits per heavy atom. The lowest BCUT2D eigenvalue weighted by Crippen LogP contribution is -2.22. The molecule has 0 aliphatic rings. The molecule has 160 valence electrons. The van der Waals surface area contributed by atoms with Gasteiger partial charge in [-0.05, 0) is 42.8 Å². The first kappa shape index (κ1) is 21.5. The molecule has 0 aliphatic heterocycles. The summed E-state index contributed by atoms with van der Waals surface area (Å²) in [4.78, 5) is 23.1. The number of rotatable bonds is 6. The molecule has 0 spiro atoms. The van der Waals surface area contributed by atoms with Crippen LogP contribution in [0.25, 0.3) is 10.9 Å². The van der Waals surface area contributed by atoms with Gasteiger partial charge >= 0.3 is 0 Å². The number of hydrogen-bond donors (Lipinski definition) is 1. The minimum absolute atomic E-state index is 0.0413. The molecule has 0 fully saturated rings. The van der Waals surface area contributed by atoms with E-state index in [0.29, 0.717) is 22.2 Å². The molecule has 7 nitrogen and oxygen atoms in total. The number of fused-ring (bicyclic) bond motifs is 1. The van der Waals surface area contributed by atoms with Crippen molar-refractivity contribution >= 4 is 38.8 Å². The molecule has 0 saturated heterocycles. The van der Waals surface area contributed by atoms with Crippen molar-refractivity contribution in [2.45, 2.75) is 13.5 Å². The van der Waals surface area contributed by atoms with Crippen LogP contribution in [0.5, 0.6) is 5.75 Å². The lowest BCUT2D eigenvalue weighted by molar-refractivity contribution is 0.122. The van der Waals surface area contributed by atoms with E-state index >= 15 is 0 Å². The molecule has 4 rings (SSSR count). The van der Waals surface area contributed by atoms with E-state index in [2.05, 4.69) is 31.2 Å². The number of aromatic hydroxyl groups is 1. The van der Waals surface area contributed by atoms with Gasteiger partial charge in [0.25, 0.3) is 5.56 Å². The van der Waals surface area contributed by atoms with E-state index in [-0.39, 0.29) is 23.7 Å². The third-order valence-corrected chi connectivity index (χ3v) is 5.20. The minimum Gasteiger partial charge on any atom is -0.507 e. The average Bonchev–Trinajstić information content (AvgIpc) is 2.81. The van der Waals surface area contributed by atoms with Crippen molar-refractivity contribution in [2.75, 3.05) is 0 Å². The van der Waals surface area contributed by atoms with Crippen LogP contribution >= 0.6 is 15.9 Å². The second-order valence-electron chi connectivity index (χ2n) is 6.93. The highest BCUT2D eigenvalue weighted by Gasteiger charge is 2.11. The minimum atomic E-state index is -0.344. The van der Waals surface area contributed by atoms with Crippen LogP contribution in [0.3, 0.4) is 0 Å². The number of aromatic nitrogens is 2. The van der Waals surface area contributed by atoms with Crippen molar-refractivity contribution in [2.24, 2.45) is 10.3 Å². The third kappa shape index (κ3) is 4.76. The molecule has 3 aromatic carbocycles. The smallest absolute Gasteiger partial charge is 0.282 e. The summed E-state index contributed by atoms with van der Waals surface area (Å²) in [5.41, 5.74) is 2.27. The van der Waals surface area contributed by atoms with E-state index in [9.17, 15) is 9.90 Å². The molecule has 1 aromatic heterocycles. The summed E-state index contributed by atoms with van der Waals surface area (Å²) in [7, 11) is 0. The third-order valence-electron chi connectivity index (χ3n) is 4.71. The predicted octanol–water partition coefficient (Wildman–Crippen LogP) is 4.69. The van der Waals surface area contributed by atoms with Crippen molar-refractivity contribution in [3.63, 3.8) is 0 Å². The Labute approximate surface area is 192 Å². The first-order chi connectivity index (χ1) is 15.5. The van der Waals surface area contributed by atoms with Crippen LogP contribution in [0.15, 0.2) is 92.3 Å². The van der Waals surface area contributed by atoms with Crippen molar-refractivity contribution in [3.05, 3.63) is 105 Å². The molecule has 0 atom stereocenters. The van der Waals surface area contributed by atoms with Gasteiger partial charge in [0, 0.05) is 10.0 Å². The van der Waals surface area contributed by atoms with E-state index in [1.807, 2.05) is 43.3 Å². The summed E-state index contributed by atoms with van der Waals surface area (Å²) in [5.74, 6) is 0.323. The van der Waals surface area contributed by atoms with Gasteiger partial charge < -0.3 is 9.94 Å². The fourth-order valence-corrected chi connectivity index (χ4v) is 3.43. The van der Waals surface area contributed by atoms with Crippen LogP contribution in [0, 0.1) is 0 Å². The molecule has 32 heavy (non-hydrogen) atoms. The summed E-state index contributed by atoms with van der Waals surface area (Å²) < 4.78 is 1.94. The second-order valence-corrected chi connectivity index (χ2v) is 7.84. The maximum Gasteiger partial charge on any atom is 0.282 e. The van der Waals surface area contributed by atoms with Crippen LogP contribution in [-0.2, 0) is 11.4 Å². The van der Waals surface area contributed by atoms with Crippen molar-refractivity contribution in [3.8, 4) is 5.75 Å². The summed E-state index contributed by atoms with van der Waals surface area (Å²) in [5, 5.41) is 18.9. The first-order valence-corrected chi connectivity index (χ1v) is 10.6. The number of halogens is 1. The van der Waals surface area contributed by atoms with Crippen molar-refractivity contribution in [1.82, 2.24) is 9.66 Å². The fraction of sp³-hybridized carbons (Fsp3) is 0.0833. The van der Waals surface area contributed by atoms with Crippen LogP contribution in [-0.4, -0.2) is 26.7 Å². The first-order valence-electron chi connectivity index (χ1n) is 9.78. The van der Waals surface area contributed by atoms with Crippen molar-refractivity contribution < 1.29 is 9.94 Å². The maximum absolute atomic E-state index is 13.1. The number of para-hydroxylation sites is 1. The molecule has 1 N–H and O–H groups in total. The highest BCUT2D eigenvalue weighted by Crippen LogP contribution is 2.20. The highest BCUT2D eigenvalue weighted by molar-refractivity contribution is 9.10. The van der Waals surface area contributed by atoms with E-state index in [1.165, 1.54) is 12.3 Å². The van der Waals surface area contributed by atoms with Gasteiger partial charge in [0.15, 0.2) is 12.4 Å². The number of phenols is 1. The van der Waals surface area contributed by atoms with Crippen molar-refractivity contribution in [1.29, 1.82) is 0 Å². The van der Waals surface area contributed by atoms with Gasteiger partial charge in [-0.3, -0.25) is 4.79 Å². The predicted molar refractivity (Wildman–Crippen MR) is 128 cm³/mol. The second kappa shape index (κ2) is 9.57. The highest BCUT2D eigenvalue weighted by atomic mass is 79.9. The molecule has 0 unspecified atom stereocenters. The number of oxime groups is 1. The standard InChI is InChI=1S/C24H19BrN4O3/c1-16(17-7-3-2-4-8-17)28-32-15-23-27-21-10-6-5-9-20(21)24(31)29(23)26-14-18-13-19(25)11-12-22(18)30/h2-14,30H,15H2,1H3/b26-14-,28-16-. The molecule has 0 saturated carbocycles. The van der Waals surface area contributed by atoms with Gasteiger partial charge in [-0.2, -0.15) is 9.78 Å². The molecule has 0 radical (unpaired) electrons. The SMILES string of the molecule is C/C(=N/OCc1nc2ccccc2c(=O)n1/N=C\c1cc(Br)ccc1O)c1ccccc1. The monoisotopic (exact) mass is 490 g/mol. The molecule has 0 amide bonds. The summed E-state index contributed by atoms with van der Waals surface area (Å²) in [6.45, 7) is 1.77. The molecule has 8 heteroatoms. The summed E-state index contributed by atoms with van der Waals surface area (Å²) in [6.07, 6.45) is 1.40. The Kier molecular flexibility index (Phi) is 6.42. The van der Waals surface area contributed by atoms with E-state index in [0.717, 1.165) is 14.7 Å². The maximum atomic E-state index is 13.1. The van der Waals surface area contributed by atoms with Crippen LogP contribution in [0.4, 0.5) is 0 Å². The number of hydrogen-bond acceptors (Lipinski definition) is 6. The zero-order valence-electron chi connectivity index (χ0n) is 17.1. The fourth-order valence-electron chi connectivity index (χ4n) is 3.05. The van der Waals surface area contributed by atoms with Gasteiger partial charge in [0.05, 0.1) is 22.8 Å². The zero-order valence-corrected chi connectivity index (χ0v) is 18.7. The largest absolute Gasteiger partial charge is 0.507 e. The Bertz CT molecular complexity index is 1380. The lowest BCUT2D eigenvalue weighted by atomic mass is 10.1. The Balaban J connectivity index is 1.70. The Morgan fingerprint density at radius 1 is 1.12 bits per heavy atom. The zero-order chi connectivity index (χ0) is 22.5. The average molecular weight is 491 g/mol. The normalized spacial score (nSPS) is 11.9. The number of nitrogens with zero attached hydrogens (tertiary/aromatic N) is 4. The summed E-state index contributed by atoms with van der Waals surface area (Å²) in [6, 6.07) is 21.6. The molecule has 1 heterocycles. The molecule has 0 bridgehead atoms.